The van der Waals surface area contributed by atoms with Crippen LogP contribution in [0.1, 0.15) is 35.3 Å². The van der Waals surface area contributed by atoms with E-state index in [1.54, 1.807) is 0 Å². The smallest absolute Gasteiger partial charge is 0.315 e. The Morgan fingerprint density at radius 2 is 1.19 bits per heavy atom. The monoisotopic (exact) mass is 360 g/mol. The van der Waals surface area contributed by atoms with Crippen LogP contribution in [0.2, 0.25) is 0 Å². The Bertz CT molecular complexity index is 783. The van der Waals surface area contributed by atoms with E-state index in [0.29, 0.717) is 13.0 Å². The summed E-state index contributed by atoms with van der Waals surface area (Å²) >= 11 is 0. The quantitative estimate of drug-likeness (QED) is 0.591. The number of hydrogen-bond donors (Lipinski definition) is 3. The number of hydrogen-bond acceptors (Lipinski definition) is 2. The van der Waals surface area contributed by atoms with E-state index in [-0.39, 0.29) is 12.1 Å². The van der Waals surface area contributed by atoms with Crippen molar-refractivity contribution in [1.29, 1.82) is 0 Å². The van der Waals surface area contributed by atoms with Crippen LogP contribution in [0.5, 0.6) is 0 Å². The summed E-state index contributed by atoms with van der Waals surface area (Å²) in [6, 6.07) is 28.7. The minimum atomic E-state index is -0.592. The molecular weight excluding hydrogens is 336 g/mol. The van der Waals surface area contributed by atoms with Crippen molar-refractivity contribution < 1.29 is 9.90 Å². The molecule has 3 N–H and O–H groups in total. The molecule has 0 radical (unpaired) electrons. The van der Waals surface area contributed by atoms with Gasteiger partial charge in [0.05, 0.1) is 12.1 Å². The van der Waals surface area contributed by atoms with Crippen LogP contribution in [0, 0.1) is 0 Å². The predicted octanol–water partition coefficient (Wildman–Crippen LogP) is 4.20. The summed E-state index contributed by atoms with van der Waals surface area (Å²) in [6.45, 7) is 0.387. The molecule has 0 bridgehead atoms. The van der Waals surface area contributed by atoms with Gasteiger partial charge < -0.3 is 15.7 Å². The molecule has 0 aliphatic rings. The van der Waals surface area contributed by atoms with Crippen LogP contribution in [0.15, 0.2) is 91.0 Å². The first kappa shape index (κ1) is 18.7. The Labute approximate surface area is 159 Å². The fourth-order valence-corrected chi connectivity index (χ4v) is 3.00. The molecule has 0 saturated heterocycles. The van der Waals surface area contributed by atoms with E-state index in [4.69, 9.17) is 0 Å². The molecule has 0 aliphatic carbocycles. The third-order valence-corrected chi connectivity index (χ3v) is 4.43. The fraction of sp³-hybridized carbons (Fsp3) is 0.174. The summed E-state index contributed by atoms with van der Waals surface area (Å²) in [5.74, 6) is 0. The fourth-order valence-electron chi connectivity index (χ4n) is 3.00. The number of benzene rings is 3. The van der Waals surface area contributed by atoms with Crippen LogP contribution in [0.25, 0.3) is 0 Å². The SMILES string of the molecule is O=C(NCCC(O)c1ccccc1)NC(c1ccccc1)c1ccccc1. The molecule has 3 aromatic carbocycles. The molecule has 0 aromatic heterocycles. The summed E-state index contributed by atoms with van der Waals surface area (Å²) in [5.41, 5.74) is 2.89. The lowest BCUT2D eigenvalue weighted by molar-refractivity contribution is 0.167. The summed E-state index contributed by atoms with van der Waals surface area (Å²) in [4.78, 5) is 12.4. The van der Waals surface area contributed by atoms with E-state index in [9.17, 15) is 9.90 Å². The molecule has 2 amide bonds. The van der Waals surface area contributed by atoms with Crippen molar-refractivity contribution in [3.05, 3.63) is 108 Å². The van der Waals surface area contributed by atoms with E-state index in [1.807, 2.05) is 91.0 Å². The number of nitrogens with one attached hydrogen (secondary N) is 2. The molecule has 1 unspecified atom stereocenters. The van der Waals surface area contributed by atoms with Crippen LogP contribution in [-0.4, -0.2) is 17.7 Å². The highest BCUT2D eigenvalue weighted by atomic mass is 16.3. The first-order valence-electron chi connectivity index (χ1n) is 9.11. The average Bonchev–Trinajstić information content (AvgIpc) is 2.74. The predicted molar refractivity (Wildman–Crippen MR) is 107 cm³/mol. The third-order valence-electron chi connectivity index (χ3n) is 4.43. The summed E-state index contributed by atoms with van der Waals surface area (Å²) < 4.78 is 0. The molecule has 0 fully saturated rings. The Morgan fingerprint density at radius 3 is 1.67 bits per heavy atom. The first-order chi connectivity index (χ1) is 13.2. The van der Waals surface area contributed by atoms with Gasteiger partial charge in [0.25, 0.3) is 0 Å². The van der Waals surface area contributed by atoms with Crippen LogP contribution >= 0.6 is 0 Å². The maximum absolute atomic E-state index is 12.4. The van der Waals surface area contributed by atoms with Crippen molar-refractivity contribution in [3.63, 3.8) is 0 Å². The van der Waals surface area contributed by atoms with Gasteiger partial charge >= 0.3 is 6.03 Å². The number of amides is 2. The second-order valence-electron chi connectivity index (χ2n) is 6.37. The standard InChI is InChI=1S/C23H24N2O2/c26-21(18-10-4-1-5-11-18)16-17-24-23(27)25-22(19-12-6-2-7-13-19)20-14-8-3-9-15-20/h1-15,21-22,26H,16-17H2,(H2,24,25,27). The molecule has 0 aliphatic heterocycles. The van der Waals surface area contributed by atoms with Crippen LogP contribution < -0.4 is 10.6 Å². The first-order valence-corrected chi connectivity index (χ1v) is 9.11. The third kappa shape index (κ3) is 5.43. The largest absolute Gasteiger partial charge is 0.388 e. The lowest BCUT2D eigenvalue weighted by Crippen LogP contribution is -2.39. The van der Waals surface area contributed by atoms with Crippen molar-refractivity contribution in [3.8, 4) is 0 Å². The minimum Gasteiger partial charge on any atom is -0.388 e. The van der Waals surface area contributed by atoms with Gasteiger partial charge in [-0.1, -0.05) is 91.0 Å². The Hall–Kier alpha value is -3.11. The lowest BCUT2D eigenvalue weighted by Gasteiger charge is -2.20. The molecule has 0 saturated carbocycles. The lowest BCUT2D eigenvalue weighted by atomic mass is 9.99. The van der Waals surface area contributed by atoms with E-state index in [0.717, 1.165) is 16.7 Å². The van der Waals surface area contributed by atoms with Gasteiger partial charge in [-0.15, -0.1) is 0 Å². The van der Waals surface area contributed by atoms with Crippen molar-refractivity contribution >= 4 is 6.03 Å². The van der Waals surface area contributed by atoms with Gasteiger partial charge in [-0.25, -0.2) is 4.79 Å². The van der Waals surface area contributed by atoms with Crippen LogP contribution in [0.3, 0.4) is 0 Å². The molecule has 0 heterocycles. The van der Waals surface area contributed by atoms with Gasteiger partial charge in [0, 0.05) is 6.54 Å². The highest BCUT2D eigenvalue weighted by Crippen LogP contribution is 2.21. The molecule has 4 nitrogen and oxygen atoms in total. The number of urea groups is 1. The molecule has 4 heteroatoms. The molecule has 27 heavy (non-hydrogen) atoms. The molecule has 3 rings (SSSR count). The molecular formula is C23H24N2O2. The van der Waals surface area contributed by atoms with E-state index < -0.39 is 6.10 Å². The zero-order valence-corrected chi connectivity index (χ0v) is 15.1. The Kier molecular flexibility index (Phi) is 6.61. The van der Waals surface area contributed by atoms with Gasteiger partial charge in [-0.3, -0.25) is 0 Å². The molecule has 3 aromatic rings. The molecule has 138 valence electrons. The maximum atomic E-state index is 12.4. The van der Waals surface area contributed by atoms with E-state index in [1.165, 1.54) is 0 Å². The normalized spacial score (nSPS) is 11.8. The average molecular weight is 360 g/mol. The maximum Gasteiger partial charge on any atom is 0.315 e. The zero-order valence-electron chi connectivity index (χ0n) is 15.1. The Balaban J connectivity index is 1.58. The van der Waals surface area contributed by atoms with Crippen molar-refractivity contribution in [1.82, 2.24) is 10.6 Å². The van der Waals surface area contributed by atoms with Crippen LogP contribution in [-0.2, 0) is 0 Å². The highest BCUT2D eigenvalue weighted by Gasteiger charge is 2.16. The summed E-state index contributed by atoms with van der Waals surface area (Å²) in [7, 11) is 0. The number of aliphatic hydroxyl groups excluding tert-OH is 1. The van der Waals surface area contributed by atoms with Gasteiger partial charge in [0.1, 0.15) is 0 Å². The van der Waals surface area contributed by atoms with Gasteiger partial charge in [0.15, 0.2) is 0 Å². The van der Waals surface area contributed by atoms with Gasteiger partial charge in [-0.05, 0) is 23.1 Å². The minimum absolute atomic E-state index is 0.230. The number of carbonyl (C=O) groups is 1. The Morgan fingerprint density at radius 1 is 0.741 bits per heavy atom. The van der Waals surface area contributed by atoms with Crippen molar-refractivity contribution in [2.45, 2.75) is 18.6 Å². The summed E-state index contributed by atoms with van der Waals surface area (Å²) in [5, 5.41) is 16.1. The van der Waals surface area contributed by atoms with Gasteiger partial charge in [0.2, 0.25) is 0 Å². The zero-order chi connectivity index (χ0) is 18.9. The second kappa shape index (κ2) is 9.55. The molecule has 0 spiro atoms. The van der Waals surface area contributed by atoms with Crippen molar-refractivity contribution in [2.24, 2.45) is 0 Å². The number of aliphatic hydroxyl groups is 1. The van der Waals surface area contributed by atoms with Crippen molar-refractivity contribution in [2.75, 3.05) is 6.54 Å². The van der Waals surface area contributed by atoms with E-state index in [2.05, 4.69) is 10.6 Å². The topological polar surface area (TPSA) is 61.4 Å². The van der Waals surface area contributed by atoms with Crippen LogP contribution in [0.4, 0.5) is 4.79 Å². The second-order valence-corrected chi connectivity index (χ2v) is 6.37. The molecule has 1 atom stereocenters. The van der Waals surface area contributed by atoms with E-state index >= 15 is 0 Å². The number of rotatable bonds is 7. The number of carbonyl (C=O) groups excluding carboxylic acids is 1. The van der Waals surface area contributed by atoms with Gasteiger partial charge in [-0.2, -0.15) is 0 Å². The highest BCUT2D eigenvalue weighted by molar-refractivity contribution is 5.75. The summed E-state index contributed by atoms with van der Waals surface area (Å²) in [6.07, 6.45) is -0.135.